The quantitative estimate of drug-likeness (QED) is 0.746. The van der Waals surface area contributed by atoms with Crippen LogP contribution in [0.5, 0.6) is 0 Å². The van der Waals surface area contributed by atoms with Crippen LogP contribution in [-0.4, -0.2) is 36.5 Å². The molecule has 1 aromatic carbocycles. The molecular weight excluding hydrogens is 308 g/mol. The molecule has 0 aliphatic carbocycles. The number of carbonyl (C=O) groups excluding carboxylic acids is 3. The summed E-state index contributed by atoms with van der Waals surface area (Å²) in [5.74, 6) is -1.38. The fourth-order valence-electron chi connectivity index (χ4n) is 1.84. The molecule has 0 aromatic heterocycles. The Bertz CT molecular complexity index is 623. The minimum atomic E-state index is -0.656. The van der Waals surface area contributed by atoms with Crippen LogP contribution in [0.4, 0.5) is 0 Å². The van der Waals surface area contributed by atoms with Gasteiger partial charge in [0.2, 0.25) is 0 Å². The van der Waals surface area contributed by atoms with Crippen LogP contribution >= 0.6 is 0 Å². The van der Waals surface area contributed by atoms with Crippen LogP contribution < -0.4 is 10.6 Å². The van der Waals surface area contributed by atoms with Crippen LogP contribution in [-0.2, 0) is 14.3 Å². The number of hydrogen-bond acceptors (Lipinski definition) is 4. The van der Waals surface area contributed by atoms with E-state index in [2.05, 4.69) is 10.6 Å². The first-order chi connectivity index (χ1) is 11.1. The Kier molecular flexibility index (Phi) is 6.95. The summed E-state index contributed by atoms with van der Waals surface area (Å²) in [6.45, 7) is 8.95. The van der Waals surface area contributed by atoms with E-state index < -0.39 is 5.97 Å². The average molecular weight is 334 g/mol. The van der Waals surface area contributed by atoms with Crippen LogP contribution in [0.15, 0.2) is 18.2 Å². The highest BCUT2D eigenvalue weighted by Gasteiger charge is 2.18. The number of amides is 2. The molecule has 0 unspecified atom stereocenters. The van der Waals surface area contributed by atoms with E-state index >= 15 is 0 Å². The van der Waals surface area contributed by atoms with E-state index in [0.29, 0.717) is 5.56 Å². The Morgan fingerprint density at radius 3 is 2.38 bits per heavy atom. The molecule has 1 rings (SSSR count). The molecule has 0 bridgehead atoms. The van der Waals surface area contributed by atoms with Crippen molar-refractivity contribution in [2.45, 2.75) is 46.6 Å². The van der Waals surface area contributed by atoms with Gasteiger partial charge in [-0.1, -0.05) is 13.0 Å². The zero-order valence-corrected chi connectivity index (χ0v) is 15.0. The van der Waals surface area contributed by atoms with Gasteiger partial charge in [-0.25, -0.2) is 0 Å². The normalized spacial score (nSPS) is 10.9. The lowest BCUT2D eigenvalue weighted by atomic mass is 10.0. The second-order valence-electron chi connectivity index (χ2n) is 6.43. The van der Waals surface area contributed by atoms with Crippen molar-refractivity contribution in [3.63, 3.8) is 0 Å². The molecule has 2 amide bonds. The molecule has 6 nitrogen and oxygen atoms in total. The van der Waals surface area contributed by atoms with Gasteiger partial charge >= 0.3 is 5.97 Å². The molecule has 6 heteroatoms. The van der Waals surface area contributed by atoms with Gasteiger partial charge < -0.3 is 15.4 Å². The van der Waals surface area contributed by atoms with E-state index in [1.807, 2.05) is 40.7 Å². The summed E-state index contributed by atoms with van der Waals surface area (Å²) < 4.78 is 4.86. The molecule has 1 aromatic rings. The van der Waals surface area contributed by atoms with Crippen LogP contribution in [0.1, 0.15) is 48.7 Å². The lowest BCUT2D eigenvalue weighted by Crippen LogP contribution is -2.45. The van der Waals surface area contributed by atoms with Gasteiger partial charge in [0.25, 0.3) is 11.8 Å². The molecule has 0 aliphatic rings. The first kappa shape index (κ1) is 19.7. The number of rotatable bonds is 7. The van der Waals surface area contributed by atoms with Crippen molar-refractivity contribution in [3.05, 3.63) is 34.9 Å². The molecule has 132 valence electrons. The number of aryl methyl sites for hydroxylation is 2. The van der Waals surface area contributed by atoms with Gasteiger partial charge in [0.15, 0.2) is 6.61 Å². The molecule has 0 saturated carbocycles. The zero-order chi connectivity index (χ0) is 18.3. The van der Waals surface area contributed by atoms with Crippen LogP contribution in [0, 0.1) is 13.8 Å². The van der Waals surface area contributed by atoms with E-state index in [9.17, 15) is 14.4 Å². The summed E-state index contributed by atoms with van der Waals surface area (Å²) in [7, 11) is 0. The van der Waals surface area contributed by atoms with E-state index in [4.69, 9.17) is 4.74 Å². The Hall–Kier alpha value is -2.37. The van der Waals surface area contributed by atoms with Gasteiger partial charge in [0, 0.05) is 11.1 Å². The molecule has 0 atom stereocenters. The van der Waals surface area contributed by atoms with Crippen LogP contribution in [0.3, 0.4) is 0 Å². The second kappa shape index (κ2) is 8.47. The topological polar surface area (TPSA) is 84.5 Å². The number of nitrogens with one attached hydrogen (secondary N) is 2. The van der Waals surface area contributed by atoms with Crippen molar-refractivity contribution >= 4 is 17.8 Å². The minimum Gasteiger partial charge on any atom is -0.454 e. The van der Waals surface area contributed by atoms with Crippen molar-refractivity contribution in [1.82, 2.24) is 10.6 Å². The van der Waals surface area contributed by atoms with Gasteiger partial charge in [-0.05, 0) is 57.4 Å². The number of benzene rings is 1. The maximum atomic E-state index is 12.0. The monoisotopic (exact) mass is 334 g/mol. The molecule has 0 saturated heterocycles. The molecule has 0 aliphatic heterocycles. The third kappa shape index (κ3) is 6.40. The third-order valence-electron chi connectivity index (χ3n) is 3.89. The highest BCUT2D eigenvalue weighted by atomic mass is 16.5. The molecular formula is C18H26N2O4. The summed E-state index contributed by atoms with van der Waals surface area (Å²) in [5.41, 5.74) is 2.22. The number of ether oxygens (including phenoxy) is 1. The molecule has 2 N–H and O–H groups in total. The van der Waals surface area contributed by atoms with E-state index in [1.54, 1.807) is 12.1 Å². The summed E-state index contributed by atoms with van der Waals surface area (Å²) in [6.07, 6.45) is 0.763. The van der Waals surface area contributed by atoms with E-state index in [-0.39, 0.29) is 30.5 Å². The highest BCUT2D eigenvalue weighted by Crippen LogP contribution is 2.09. The fraction of sp³-hybridized carbons (Fsp3) is 0.500. The Balaban J connectivity index is 2.39. The minimum absolute atomic E-state index is 0.282. The van der Waals surface area contributed by atoms with E-state index in [1.165, 1.54) is 0 Å². The first-order valence-electron chi connectivity index (χ1n) is 7.96. The number of esters is 1. The van der Waals surface area contributed by atoms with Gasteiger partial charge in [-0.3, -0.25) is 14.4 Å². The van der Waals surface area contributed by atoms with Gasteiger partial charge in [0.1, 0.15) is 6.54 Å². The third-order valence-corrected chi connectivity index (χ3v) is 3.89. The Morgan fingerprint density at radius 1 is 1.12 bits per heavy atom. The SMILES string of the molecule is CCC(C)(C)NC(=O)COC(=O)CNC(=O)c1ccc(C)c(C)c1. The summed E-state index contributed by atoms with van der Waals surface area (Å²) >= 11 is 0. The van der Waals surface area contributed by atoms with Crippen LogP contribution in [0.2, 0.25) is 0 Å². The van der Waals surface area contributed by atoms with Crippen molar-refractivity contribution in [1.29, 1.82) is 0 Å². The molecule has 0 heterocycles. The predicted octanol–water partition coefficient (Wildman–Crippen LogP) is 1.88. The smallest absolute Gasteiger partial charge is 0.325 e. The van der Waals surface area contributed by atoms with Crippen molar-refractivity contribution < 1.29 is 19.1 Å². The van der Waals surface area contributed by atoms with E-state index in [0.717, 1.165) is 17.5 Å². The van der Waals surface area contributed by atoms with Gasteiger partial charge in [-0.2, -0.15) is 0 Å². The first-order valence-corrected chi connectivity index (χ1v) is 7.96. The number of hydrogen-bond donors (Lipinski definition) is 2. The average Bonchev–Trinajstić information content (AvgIpc) is 2.52. The van der Waals surface area contributed by atoms with Crippen molar-refractivity contribution in [2.24, 2.45) is 0 Å². The molecule has 0 spiro atoms. The van der Waals surface area contributed by atoms with Crippen molar-refractivity contribution in [2.75, 3.05) is 13.2 Å². The standard InChI is InChI=1S/C18H26N2O4/c1-6-18(4,5)20-15(21)11-24-16(22)10-19-17(23)14-8-7-12(2)13(3)9-14/h7-9H,6,10-11H2,1-5H3,(H,19,23)(H,20,21). The van der Waals surface area contributed by atoms with Gasteiger partial charge in [0.05, 0.1) is 0 Å². The largest absolute Gasteiger partial charge is 0.454 e. The van der Waals surface area contributed by atoms with Crippen LogP contribution in [0.25, 0.3) is 0 Å². The summed E-state index contributed by atoms with van der Waals surface area (Å²) in [6, 6.07) is 5.31. The predicted molar refractivity (Wildman–Crippen MR) is 91.7 cm³/mol. The lowest BCUT2D eigenvalue weighted by Gasteiger charge is -2.24. The lowest BCUT2D eigenvalue weighted by molar-refractivity contribution is -0.148. The maximum Gasteiger partial charge on any atom is 0.325 e. The molecule has 24 heavy (non-hydrogen) atoms. The molecule has 0 radical (unpaired) electrons. The number of carbonyl (C=O) groups is 3. The fourth-order valence-corrected chi connectivity index (χ4v) is 1.84. The molecule has 0 fully saturated rings. The summed E-state index contributed by atoms with van der Waals surface area (Å²) in [5, 5.41) is 5.24. The maximum absolute atomic E-state index is 12.0. The second-order valence-corrected chi connectivity index (χ2v) is 6.43. The zero-order valence-electron chi connectivity index (χ0n) is 15.0. The van der Waals surface area contributed by atoms with Gasteiger partial charge in [-0.15, -0.1) is 0 Å². The van der Waals surface area contributed by atoms with Crippen molar-refractivity contribution in [3.8, 4) is 0 Å². The highest BCUT2D eigenvalue weighted by molar-refractivity contribution is 5.96. The Morgan fingerprint density at radius 2 is 1.79 bits per heavy atom. The Labute approximate surface area is 143 Å². The summed E-state index contributed by atoms with van der Waals surface area (Å²) in [4.78, 5) is 35.3.